The number of amides is 1. The van der Waals surface area contributed by atoms with Crippen molar-refractivity contribution in [2.45, 2.75) is 23.4 Å². The molecule has 0 fully saturated rings. The number of hydrogen-bond acceptors (Lipinski definition) is 6. The largest absolute Gasteiger partial charge is 0.300 e. The van der Waals surface area contributed by atoms with Crippen molar-refractivity contribution >= 4 is 34.1 Å². The zero-order valence-electron chi connectivity index (χ0n) is 10.8. The molecule has 2 aromatic rings. The number of thioether (sulfide) groups is 1. The highest BCUT2D eigenvalue weighted by atomic mass is 32.2. The number of anilines is 1. The number of carbonyl (C=O) groups excluding carboxylic acids is 1. The van der Waals surface area contributed by atoms with Gasteiger partial charge in [-0.1, -0.05) is 52.9 Å². The number of carbonyl (C=O) groups is 1. The summed E-state index contributed by atoms with van der Waals surface area (Å²) in [6.07, 6.45) is -0.175. The molecule has 0 aliphatic heterocycles. The minimum absolute atomic E-state index is 0.175. The lowest BCUT2D eigenvalue weighted by atomic mass is 10.2. The number of nitriles is 1. The second kappa shape index (κ2) is 7.03. The Labute approximate surface area is 125 Å². The van der Waals surface area contributed by atoms with Crippen LogP contribution in [-0.2, 0) is 10.5 Å². The molecular formula is C13H12N4OS2. The van der Waals surface area contributed by atoms with Gasteiger partial charge >= 0.3 is 0 Å². The van der Waals surface area contributed by atoms with Gasteiger partial charge < -0.3 is 0 Å². The van der Waals surface area contributed by atoms with Crippen LogP contribution >= 0.6 is 23.1 Å². The van der Waals surface area contributed by atoms with Crippen molar-refractivity contribution in [2.24, 2.45) is 0 Å². The van der Waals surface area contributed by atoms with Crippen LogP contribution in [0.3, 0.4) is 0 Å². The van der Waals surface area contributed by atoms with E-state index in [1.807, 2.05) is 0 Å². The fraction of sp³-hybridized carbons (Fsp3) is 0.231. The molecule has 7 heteroatoms. The average Bonchev–Trinajstić information content (AvgIpc) is 2.86. The molecule has 0 radical (unpaired) electrons. The monoisotopic (exact) mass is 304 g/mol. The molecule has 102 valence electrons. The Balaban J connectivity index is 1.88. The van der Waals surface area contributed by atoms with Crippen LogP contribution in [0.4, 0.5) is 5.13 Å². The van der Waals surface area contributed by atoms with E-state index < -0.39 is 0 Å². The lowest BCUT2D eigenvalue weighted by Gasteiger charge is -1.99. The van der Waals surface area contributed by atoms with Crippen LogP contribution < -0.4 is 5.32 Å². The molecule has 0 saturated heterocycles. The van der Waals surface area contributed by atoms with Gasteiger partial charge in [0.05, 0.1) is 6.07 Å². The molecule has 2 rings (SSSR count). The first-order valence-corrected chi connectivity index (χ1v) is 7.66. The number of hydrogen-bond donors (Lipinski definition) is 1. The molecule has 20 heavy (non-hydrogen) atoms. The predicted octanol–water partition coefficient (Wildman–Crippen LogP) is 2.99. The molecule has 1 amide bonds. The molecule has 0 bridgehead atoms. The summed E-state index contributed by atoms with van der Waals surface area (Å²) in [4.78, 5) is 11.2. The molecule has 0 unspecified atom stereocenters. The van der Waals surface area contributed by atoms with Crippen LogP contribution in [-0.4, -0.2) is 16.1 Å². The zero-order chi connectivity index (χ0) is 14.4. The highest BCUT2D eigenvalue weighted by Gasteiger charge is 2.08. The van der Waals surface area contributed by atoms with Gasteiger partial charge in [0.1, 0.15) is 6.42 Å². The van der Waals surface area contributed by atoms with Crippen molar-refractivity contribution in [3.8, 4) is 6.07 Å². The van der Waals surface area contributed by atoms with Crippen molar-refractivity contribution < 1.29 is 4.79 Å². The minimum Gasteiger partial charge on any atom is -0.300 e. The maximum Gasteiger partial charge on any atom is 0.240 e. The molecule has 5 nitrogen and oxygen atoms in total. The summed E-state index contributed by atoms with van der Waals surface area (Å²) in [5.74, 6) is 0.444. The second-order valence-corrected chi connectivity index (χ2v) is 6.23. The molecule has 0 saturated carbocycles. The molecule has 1 aromatic carbocycles. The van der Waals surface area contributed by atoms with Gasteiger partial charge in [-0.2, -0.15) is 5.26 Å². The lowest BCUT2D eigenvalue weighted by Crippen LogP contribution is -2.09. The van der Waals surface area contributed by atoms with Gasteiger partial charge in [-0.25, -0.2) is 0 Å². The fourth-order valence-corrected chi connectivity index (χ4v) is 3.11. The van der Waals surface area contributed by atoms with E-state index in [1.54, 1.807) is 17.8 Å². The first-order chi connectivity index (χ1) is 9.67. The minimum atomic E-state index is -0.362. The zero-order valence-corrected chi connectivity index (χ0v) is 12.4. The lowest BCUT2D eigenvalue weighted by molar-refractivity contribution is -0.115. The van der Waals surface area contributed by atoms with Gasteiger partial charge in [-0.15, -0.1) is 10.2 Å². The SMILES string of the molecule is Cc1ccc(CSc2nnc(NC(=O)CC#N)s2)cc1. The third-order valence-electron chi connectivity index (χ3n) is 2.38. The van der Waals surface area contributed by atoms with E-state index in [0.29, 0.717) is 5.13 Å². The van der Waals surface area contributed by atoms with Crippen molar-refractivity contribution in [3.63, 3.8) is 0 Å². The Morgan fingerprint density at radius 1 is 1.40 bits per heavy atom. The first-order valence-electron chi connectivity index (χ1n) is 5.86. The third-order valence-corrected chi connectivity index (χ3v) is 4.42. The van der Waals surface area contributed by atoms with Crippen molar-refractivity contribution in [3.05, 3.63) is 35.4 Å². The summed E-state index contributed by atoms with van der Waals surface area (Å²) in [7, 11) is 0. The van der Waals surface area contributed by atoms with E-state index in [4.69, 9.17) is 5.26 Å². The number of rotatable bonds is 5. The van der Waals surface area contributed by atoms with E-state index in [0.717, 1.165) is 10.1 Å². The Morgan fingerprint density at radius 2 is 2.15 bits per heavy atom. The molecule has 1 N–H and O–H groups in total. The molecule has 0 atom stereocenters. The molecule has 1 heterocycles. The summed E-state index contributed by atoms with van der Waals surface area (Å²) in [5, 5.41) is 19.2. The van der Waals surface area contributed by atoms with Crippen LogP contribution in [0, 0.1) is 18.3 Å². The highest BCUT2D eigenvalue weighted by molar-refractivity contribution is 8.00. The van der Waals surface area contributed by atoms with E-state index >= 15 is 0 Å². The Kier molecular flexibility index (Phi) is 5.09. The van der Waals surface area contributed by atoms with Crippen LogP contribution in [0.25, 0.3) is 0 Å². The van der Waals surface area contributed by atoms with Gasteiger partial charge in [-0.3, -0.25) is 10.1 Å². The molecule has 0 spiro atoms. The standard InChI is InChI=1S/C13H12N4OS2/c1-9-2-4-10(5-3-9)8-19-13-17-16-12(20-13)15-11(18)6-7-14/h2-5H,6,8H2,1H3,(H,15,16,18). The fourth-order valence-electron chi connectivity index (χ4n) is 1.38. The average molecular weight is 304 g/mol. The van der Waals surface area contributed by atoms with Gasteiger partial charge in [0, 0.05) is 5.75 Å². The number of aromatic nitrogens is 2. The Hall–Kier alpha value is -1.91. The van der Waals surface area contributed by atoms with E-state index in [-0.39, 0.29) is 12.3 Å². The molecule has 0 aliphatic carbocycles. The number of aryl methyl sites for hydroxylation is 1. The Bertz CT molecular complexity index is 631. The topological polar surface area (TPSA) is 78.7 Å². The maximum atomic E-state index is 11.2. The summed E-state index contributed by atoms with van der Waals surface area (Å²) < 4.78 is 0.790. The quantitative estimate of drug-likeness (QED) is 0.678. The second-order valence-electron chi connectivity index (χ2n) is 4.03. The van der Waals surface area contributed by atoms with Gasteiger partial charge in [0.25, 0.3) is 0 Å². The number of benzene rings is 1. The van der Waals surface area contributed by atoms with Crippen LogP contribution in [0.5, 0.6) is 0 Å². The number of nitrogens with one attached hydrogen (secondary N) is 1. The smallest absolute Gasteiger partial charge is 0.240 e. The normalized spacial score (nSPS) is 10.0. The van der Waals surface area contributed by atoms with Crippen molar-refractivity contribution in [2.75, 3.05) is 5.32 Å². The highest BCUT2D eigenvalue weighted by Crippen LogP contribution is 2.28. The Morgan fingerprint density at radius 3 is 2.85 bits per heavy atom. The van der Waals surface area contributed by atoms with Gasteiger partial charge in [-0.05, 0) is 12.5 Å². The number of nitrogens with zero attached hydrogens (tertiary/aromatic N) is 3. The van der Waals surface area contributed by atoms with E-state index in [1.165, 1.54) is 22.5 Å². The van der Waals surface area contributed by atoms with Crippen molar-refractivity contribution in [1.29, 1.82) is 5.26 Å². The predicted molar refractivity (Wildman–Crippen MR) is 79.5 cm³/mol. The third kappa shape index (κ3) is 4.33. The molecule has 1 aromatic heterocycles. The summed E-state index contributed by atoms with van der Waals surface area (Å²) in [6.45, 7) is 2.05. The summed E-state index contributed by atoms with van der Waals surface area (Å²) in [5.41, 5.74) is 2.45. The molecule has 0 aliphatic rings. The molecular weight excluding hydrogens is 292 g/mol. The maximum absolute atomic E-state index is 11.2. The van der Waals surface area contributed by atoms with Crippen LogP contribution in [0.2, 0.25) is 0 Å². The van der Waals surface area contributed by atoms with Gasteiger partial charge in [0.2, 0.25) is 11.0 Å². The van der Waals surface area contributed by atoms with Crippen LogP contribution in [0.1, 0.15) is 17.5 Å². The van der Waals surface area contributed by atoms with Gasteiger partial charge in [0.15, 0.2) is 4.34 Å². The van der Waals surface area contributed by atoms with E-state index in [9.17, 15) is 4.79 Å². The van der Waals surface area contributed by atoms with Crippen molar-refractivity contribution in [1.82, 2.24) is 10.2 Å². The summed E-state index contributed by atoms with van der Waals surface area (Å²) in [6, 6.07) is 10.1. The van der Waals surface area contributed by atoms with E-state index in [2.05, 4.69) is 46.7 Å². The first kappa shape index (κ1) is 14.5. The van der Waals surface area contributed by atoms with Crippen LogP contribution in [0.15, 0.2) is 28.6 Å². The summed E-state index contributed by atoms with van der Waals surface area (Å²) >= 11 is 2.88.